The van der Waals surface area contributed by atoms with E-state index in [0.717, 1.165) is 45.1 Å². The topological polar surface area (TPSA) is 91.5 Å². The Labute approximate surface area is 131 Å². The maximum Gasteiger partial charge on any atom is 0.315 e. The molecule has 7 heteroatoms. The Hall–Kier alpha value is -1.50. The molecule has 0 aromatic carbocycles. The minimum atomic E-state index is -0.115. The monoisotopic (exact) mass is 312 g/mol. The molecule has 0 aromatic rings. The standard InChI is InChI=1S/C15H28N4O3/c1-2-16-14(20)18-11-5-7-12(8-6-11)19-15(21)17-10-13-4-3-9-22-13/h11-13H,2-10H2,1H3,(H2,16,18,20)(H2,17,19,21). The van der Waals surface area contributed by atoms with Crippen LogP contribution in [0.25, 0.3) is 0 Å². The van der Waals surface area contributed by atoms with Gasteiger partial charge in [0, 0.05) is 31.8 Å². The second-order valence-electron chi connectivity index (χ2n) is 6.04. The van der Waals surface area contributed by atoms with Gasteiger partial charge >= 0.3 is 12.1 Å². The normalized spacial score (nSPS) is 28.0. The summed E-state index contributed by atoms with van der Waals surface area (Å²) in [4.78, 5) is 23.3. The van der Waals surface area contributed by atoms with Crippen molar-refractivity contribution >= 4 is 12.1 Å². The van der Waals surface area contributed by atoms with Gasteiger partial charge in [-0.05, 0) is 45.4 Å². The van der Waals surface area contributed by atoms with Crippen LogP contribution in [0.15, 0.2) is 0 Å². The summed E-state index contributed by atoms with van der Waals surface area (Å²) in [6, 6.07) is 0.181. The Balaban J connectivity index is 1.58. The van der Waals surface area contributed by atoms with Crippen LogP contribution in [-0.2, 0) is 4.74 Å². The van der Waals surface area contributed by atoms with Gasteiger partial charge in [-0.1, -0.05) is 0 Å². The lowest BCUT2D eigenvalue weighted by atomic mass is 9.91. The minimum absolute atomic E-state index is 0.104. The molecule has 1 saturated heterocycles. The summed E-state index contributed by atoms with van der Waals surface area (Å²) < 4.78 is 5.48. The van der Waals surface area contributed by atoms with Crippen molar-refractivity contribution in [3.8, 4) is 0 Å². The fourth-order valence-corrected chi connectivity index (χ4v) is 3.03. The lowest BCUT2D eigenvalue weighted by Gasteiger charge is -2.29. The fourth-order valence-electron chi connectivity index (χ4n) is 3.03. The largest absolute Gasteiger partial charge is 0.376 e. The molecule has 2 rings (SSSR count). The molecule has 4 N–H and O–H groups in total. The van der Waals surface area contributed by atoms with E-state index >= 15 is 0 Å². The van der Waals surface area contributed by atoms with Crippen LogP contribution >= 0.6 is 0 Å². The molecule has 1 unspecified atom stereocenters. The average molecular weight is 312 g/mol. The minimum Gasteiger partial charge on any atom is -0.376 e. The molecule has 126 valence electrons. The maximum atomic E-state index is 11.9. The van der Waals surface area contributed by atoms with E-state index in [2.05, 4.69) is 21.3 Å². The smallest absolute Gasteiger partial charge is 0.315 e. The Bertz CT molecular complexity index is 364. The maximum absolute atomic E-state index is 11.9. The number of carbonyl (C=O) groups excluding carboxylic acids is 2. The van der Waals surface area contributed by atoms with Gasteiger partial charge in [-0.2, -0.15) is 0 Å². The molecule has 2 fully saturated rings. The Morgan fingerprint density at radius 1 is 0.955 bits per heavy atom. The number of urea groups is 2. The van der Waals surface area contributed by atoms with E-state index < -0.39 is 0 Å². The highest BCUT2D eigenvalue weighted by Crippen LogP contribution is 2.18. The Morgan fingerprint density at radius 2 is 1.55 bits per heavy atom. The Morgan fingerprint density at radius 3 is 2.05 bits per heavy atom. The van der Waals surface area contributed by atoms with Crippen molar-refractivity contribution in [3.63, 3.8) is 0 Å². The van der Waals surface area contributed by atoms with Crippen molar-refractivity contribution in [3.05, 3.63) is 0 Å². The molecule has 22 heavy (non-hydrogen) atoms. The lowest BCUT2D eigenvalue weighted by molar-refractivity contribution is 0.111. The second-order valence-corrected chi connectivity index (χ2v) is 6.04. The Kier molecular flexibility index (Phi) is 6.76. The molecule has 0 aromatic heterocycles. The van der Waals surface area contributed by atoms with E-state index in [-0.39, 0.29) is 30.2 Å². The molecule has 1 saturated carbocycles. The van der Waals surface area contributed by atoms with Crippen LogP contribution in [0, 0.1) is 0 Å². The van der Waals surface area contributed by atoms with Crippen molar-refractivity contribution in [1.82, 2.24) is 21.3 Å². The van der Waals surface area contributed by atoms with Crippen LogP contribution in [0.4, 0.5) is 9.59 Å². The van der Waals surface area contributed by atoms with Gasteiger partial charge < -0.3 is 26.0 Å². The van der Waals surface area contributed by atoms with Gasteiger partial charge in [0.15, 0.2) is 0 Å². The highest BCUT2D eigenvalue weighted by atomic mass is 16.5. The number of rotatable bonds is 5. The van der Waals surface area contributed by atoms with Gasteiger partial charge in [-0.15, -0.1) is 0 Å². The van der Waals surface area contributed by atoms with E-state index in [0.29, 0.717) is 13.1 Å². The van der Waals surface area contributed by atoms with Gasteiger partial charge in [-0.25, -0.2) is 9.59 Å². The lowest BCUT2D eigenvalue weighted by Crippen LogP contribution is -2.49. The predicted molar refractivity (Wildman–Crippen MR) is 83.8 cm³/mol. The molecule has 1 heterocycles. The first kappa shape index (κ1) is 16.9. The summed E-state index contributed by atoms with van der Waals surface area (Å²) in [6.45, 7) is 3.92. The summed E-state index contributed by atoms with van der Waals surface area (Å²) in [7, 11) is 0. The SMILES string of the molecule is CCNC(=O)NC1CCC(NC(=O)NCC2CCCO2)CC1. The summed E-state index contributed by atoms with van der Waals surface area (Å²) in [5.41, 5.74) is 0. The van der Waals surface area contributed by atoms with E-state index in [1.54, 1.807) is 0 Å². The van der Waals surface area contributed by atoms with Gasteiger partial charge in [0.25, 0.3) is 0 Å². The number of hydrogen-bond donors (Lipinski definition) is 4. The number of amides is 4. The van der Waals surface area contributed by atoms with E-state index in [4.69, 9.17) is 4.74 Å². The third-order valence-electron chi connectivity index (χ3n) is 4.25. The summed E-state index contributed by atoms with van der Waals surface area (Å²) in [6.07, 6.45) is 5.85. The zero-order valence-electron chi connectivity index (χ0n) is 13.3. The van der Waals surface area contributed by atoms with Crippen molar-refractivity contribution in [1.29, 1.82) is 0 Å². The van der Waals surface area contributed by atoms with Crippen LogP contribution in [-0.4, -0.2) is 49.9 Å². The summed E-state index contributed by atoms with van der Waals surface area (Å²) in [5, 5.41) is 11.6. The molecule has 1 aliphatic carbocycles. The van der Waals surface area contributed by atoms with E-state index in [9.17, 15) is 9.59 Å². The molecule has 1 atom stereocenters. The quantitative estimate of drug-likeness (QED) is 0.612. The number of carbonyl (C=O) groups is 2. The van der Waals surface area contributed by atoms with Crippen LogP contribution < -0.4 is 21.3 Å². The first-order valence-corrected chi connectivity index (χ1v) is 8.37. The van der Waals surface area contributed by atoms with Crippen molar-refractivity contribution in [2.75, 3.05) is 19.7 Å². The molecule has 0 spiro atoms. The van der Waals surface area contributed by atoms with Crippen LogP contribution in [0.1, 0.15) is 45.4 Å². The zero-order chi connectivity index (χ0) is 15.8. The summed E-state index contributed by atoms with van der Waals surface area (Å²) in [5.74, 6) is 0. The second kappa shape index (κ2) is 8.82. The molecular weight excluding hydrogens is 284 g/mol. The third-order valence-corrected chi connectivity index (χ3v) is 4.25. The van der Waals surface area contributed by atoms with Gasteiger partial charge in [0.2, 0.25) is 0 Å². The van der Waals surface area contributed by atoms with Crippen LogP contribution in [0.5, 0.6) is 0 Å². The molecule has 1 aliphatic heterocycles. The van der Waals surface area contributed by atoms with Crippen molar-refractivity contribution in [2.24, 2.45) is 0 Å². The van der Waals surface area contributed by atoms with Crippen molar-refractivity contribution in [2.45, 2.75) is 63.6 Å². The molecule has 2 aliphatic rings. The zero-order valence-corrected chi connectivity index (χ0v) is 13.3. The van der Waals surface area contributed by atoms with E-state index in [1.807, 2.05) is 6.92 Å². The molecule has 0 bridgehead atoms. The molecule has 7 nitrogen and oxygen atoms in total. The first-order valence-electron chi connectivity index (χ1n) is 8.37. The first-order chi connectivity index (χ1) is 10.7. The summed E-state index contributed by atoms with van der Waals surface area (Å²) >= 11 is 0. The van der Waals surface area contributed by atoms with E-state index in [1.165, 1.54) is 0 Å². The number of hydrogen-bond acceptors (Lipinski definition) is 3. The van der Waals surface area contributed by atoms with Gasteiger partial charge in [0.1, 0.15) is 0 Å². The van der Waals surface area contributed by atoms with Gasteiger partial charge in [0.05, 0.1) is 6.10 Å². The predicted octanol–water partition coefficient (Wildman–Crippen LogP) is 1.09. The number of nitrogens with one attached hydrogen (secondary N) is 4. The molecular formula is C15H28N4O3. The average Bonchev–Trinajstić information content (AvgIpc) is 3.01. The van der Waals surface area contributed by atoms with Crippen molar-refractivity contribution < 1.29 is 14.3 Å². The highest BCUT2D eigenvalue weighted by Gasteiger charge is 2.24. The molecule has 4 amide bonds. The number of ether oxygens (including phenoxy) is 1. The van der Waals surface area contributed by atoms with Crippen LogP contribution in [0.3, 0.4) is 0 Å². The molecule has 0 radical (unpaired) electrons. The fraction of sp³-hybridized carbons (Fsp3) is 0.867. The van der Waals surface area contributed by atoms with Crippen LogP contribution in [0.2, 0.25) is 0 Å². The third kappa shape index (κ3) is 5.71. The highest BCUT2D eigenvalue weighted by molar-refractivity contribution is 5.74. The van der Waals surface area contributed by atoms with Gasteiger partial charge in [-0.3, -0.25) is 0 Å².